The minimum atomic E-state index is 0.535. The second-order valence-corrected chi connectivity index (χ2v) is 2.22. The van der Waals surface area contributed by atoms with Gasteiger partial charge in [-0.05, 0) is 5.41 Å². The average Bonchev–Trinajstić information content (AvgIpc) is 2.05. The third kappa shape index (κ3) is 1.71. The number of rotatable bonds is 1. The van der Waals surface area contributed by atoms with Crippen molar-refractivity contribution in [1.82, 2.24) is 15.0 Å². The molecule has 0 unspecified atom stereocenters. The molecule has 0 radical (unpaired) electrons. The lowest BCUT2D eigenvalue weighted by Crippen LogP contribution is -1.88. The molecule has 52 valence electrons. The summed E-state index contributed by atoms with van der Waals surface area (Å²) in [6.45, 7) is 0. The van der Waals surface area contributed by atoms with E-state index in [2.05, 4.69) is 40.2 Å². The zero-order valence-electron chi connectivity index (χ0n) is 4.97. The molecule has 0 aliphatic rings. The Bertz CT molecular complexity index is 234. The molecule has 0 saturated carbocycles. The van der Waals surface area contributed by atoms with E-state index in [1.807, 2.05) is 0 Å². The molecule has 0 atom stereocenters. The summed E-state index contributed by atoms with van der Waals surface area (Å²) in [5.74, 6) is 0.535. The first-order valence-electron chi connectivity index (χ1n) is 2.50. The molecule has 1 aromatic rings. The molecule has 1 aromatic heterocycles. The van der Waals surface area contributed by atoms with Crippen molar-refractivity contribution in [1.29, 1.82) is 0 Å². The highest BCUT2D eigenvalue weighted by molar-refractivity contribution is 7.92. The number of hydrogen-bond donors (Lipinski definition) is 2. The van der Waals surface area contributed by atoms with Crippen LogP contribution in [0.5, 0.6) is 0 Å². The lowest BCUT2D eigenvalue weighted by atomic mass is 10.6. The van der Waals surface area contributed by atoms with Crippen LogP contribution in [0, 0.1) is 0 Å². The molecule has 0 saturated heterocycles. The van der Waals surface area contributed by atoms with Gasteiger partial charge in [0.2, 0.25) is 0 Å². The first-order valence-corrected chi connectivity index (χ1v) is 3.46. The summed E-state index contributed by atoms with van der Waals surface area (Å²) in [5.41, 5.74) is 0. The highest BCUT2D eigenvalue weighted by atomic mass is 32.1. The predicted molar refractivity (Wildman–Crippen MR) is 45.8 cm³/mol. The van der Waals surface area contributed by atoms with Crippen molar-refractivity contribution in [3.8, 4) is 0 Å². The Hall–Kier alpha value is -0.550. The smallest absolute Gasteiger partial charge is 0.169 e. The summed E-state index contributed by atoms with van der Waals surface area (Å²) < 4.78 is 0. The van der Waals surface area contributed by atoms with Crippen LogP contribution < -0.4 is 0 Å². The lowest BCUT2D eigenvalue weighted by molar-refractivity contribution is 1.02. The zero-order valence-corrected chi connectivity index (χ0v) is 6.76. The van der Waals surface area contributed by atoms with Crippen LogP contribution >= 0.6 is 25.3 Å². The van der Waals surface area contributed by atoms with E-state index in [4.69, 9.17) is 0 Å². The molecular formula is C5H5N3S2. The largest absolute Gasteiger partial charge is 0.225 e. The maximum Gasteiger partial charge on any atom is 0.169 e. The van der Waals surface area contributed by atoms with Gasteiger partial charge in [0.25, 0.3) is 0 Å². The van der Waals surface area contributed by atoms with Crippen LogP contribution in [-0.4, -0.2) is 15.0 Å². The van der Waals surface area contributed by atoms with Crippen LogP contribution in [0.4, 0.5) is 0 Å². The molecule has 0 fully saturated rings. The third-order valence-corrected chi connectivity index (χ3v) is 1.64. The van der Waals surface area contributed by atoms with Gasteiger partial charge in [-0.15, -0.1) is 12.6 Å². The molecule has 1 rings (SSSR count). The van der Waals surface area contributed by atoms with Gasteiger partial charge < -0.3 is 0 Å². The molecule has 0 amide bonds. The van der Waals surface area contributed by atoms with Gasteiger partial charge >= 0.3 is 0 Å². The van der Waals surface area contributed by atoms with Crippen molar-refractivity contribution in [3.63, 3.8) is 0 Å². The molecule has 3 nitrogen and oxygen atoms in total. The molecule has 0 aromatic carbocycles. The molecule has 0 spiro atoms. The van der Waals surface area contributed by atoms with E-state index in [0.29, 0.717) is 10.7 Å². The van der Waals surface area contributed by atoms with Gasteiger partial charge in [0, 0.05) is 0 Å². The van der Waals surface area contributed by atoms with Crippen LogP contribution in [-0.2, 0) is 0 Å². The lowest BCUT2D eigenvalue weighted by Gasteiger charge is -1.92. The number of hydrogen-bond acceptors (Lipinski definition) is 5. The van der Waals surface area contributed by atoms with Crippen molar-refractivity contribution >= 4 is 30.2 Å². The summed E-state index contributed by atoms with van der Waals surface area (Å²) in [4.78, 5) is 12.0. The van der Waals surface area contributed by atoms with Crippen molar-refractivity contribution < 1.29 is 0 Å². The van der Waals surface area contributed by atoms with Crippen molar-refractivity contribution in [2.75, 3.05) is 0 Å². The van der Waals surface area contributed by atoms with Crippen LogP contribution in [0.25, 0.3) is 4.91 Å². The van der Waals surface area contributed by atoms with Gasteiger partial charge in [-0.1, -0.05) is 0 Å². The highest BCUT2D eigenvalue weighted by Crippen LogP contribution is 2.12. The Balaban J connectivity index is 2.96. The van der Waals surface area contributed by atoms with E-state index in [9.17, 15) is 0 Å². The van der Waals surface area contributed by atoms with Gasteiger partial charge in [-0.2, -0.15) is 12.6 Å². The van der Waals surface area contributed by atoms with Gasteiger partial charge in [-0.25, -0.2) is 15.0 Å². The summed E-state index contributed by atoms with van der Waals surface area (Å²) in [6.07, 6.45) is 2.83. The predicted octanol–water partition coefficient (Wildman–Crippen LogP) is 1.03. The fraction of sp³-hybridized carbons (Fsp3) is 0. The Kier molecular flexibility index (Phi) is 2.70. The molecule has 10 heavy (non-hydrogen) atoms. The van der Waals surface area contributed by atoms with Crippen LogP contribution in [0.2, 0.25) is 0 Å². The van der Waals surface area contributed by atoms with E-state index >= 15 is 0 Å². The Morgan fingerprint density at radius 3 is 2.50 bits per heavy atom. The Morgan fingerprint density at radius 1 is 1.40 bits per heavy atom. The molecule has 5 heteroatoms. The van der Waals surface area contributed by atoms with Gasteiger partial charge in [-0.3, -0.25) is 0 Å². The summed E-state index contributed by atoms with van der Waals surface area (Å²) in [6, 6.07) is 0. The molecule has 0 aliphatic carbocycles. The SMILES string of the molecule is SC=C(S)c1ncncn1. The van der Waals surface area contributed by atoms with E-state index in [1.165, 1.54) is 18.1 Å². The normalized spacial score (nSPS) is 11.6. The van der Waals surface area contributed by atoms with E-state index in [1.54, 1.807) is 0 Å². The minimum Gasteiger partial charge on any atom is -0.225 e. The number of thiol groups is 2. The first kappa shape index (κ1) is 7.56. The zero-order chi connectivity index (χ0) is 7.40. The molecular weight excluding hydrogens is 166 g/mol. The van der Waals surface area contributed by atoms with Crippen molar-refractivity contribution in [2.45, 2.75) is 0 Å². The third-order valence-electron chi connectivity index (χ3n) is 0.845. The molecule has 0 aliphatic heterocycles. The van der Waals surface area contributed by atoms with Gasteiger partial charge in [0.1, 0.15) is 12.7 Å². The summed E-state index contributed by atoms with van der Waals surface area (Å²) in [7, 11) is 0. The van der Waals surface area contributed by atoms with Crippen LogP contribution in [0.3, 0.4) is 0 Å². The summed E-state index contributed by atoms with van der Waals surface area (Å²) >= 11 is 7.94. The molecule has 0 bridgehead atoms. The fourth-order valence-corrected chi connectivity index (χ4v) is 0.660. The second kappa shape index (κ2) is 3.58. The van der Waals surface area contributed by atoms with Crippen molar-refractivity contribution in [2.24, 2.45) is 0 Å². The Morgan fingerprint density at radius 2 is 2.00 bits per heavy atom. The quantitative estimate of drug-likeness (QED) is 0.620. The molecule has 0 N–H and O–H groups in total. The summed E-state index contributed by atoms with van der Waals surface area (Å²) in [5, 5.41) is 1.53. The highest BCUT2D eigenvalue weighted by Gasteiger charge is 1.94. The minimum absolute atomic E-state index is 0.535. The molecule has 1 heterocycles. The average molecular weight is 171 g/mol. The maximum absolute atomic E-state index is 4.05. The van der Waals surface area contributed by atoms with Crippen LogP contribution in [0.1, 0.15) is 5.82 Å². The number of aromatic nitrogens is 3. The van der Waals surface area contributed by atoms with E-state index in [-0.39, 0.29) is 0 Å². The maximum atomic E-state index is 4.05. The van der Waals surface area contributed by atoms with E-state index in [0.717, 1.165) is 0 Å². The standard InChI is InChI=1S/C5H5N3S2/c9-1-4(10)5-7-2-6-3-8-5/h1-3,9-10H. The van der Waals surface area contributed by atoms with E-state index < -0.39 is 0 Å². The van der Waals surface area contributed by atoms with Crippen LogP contribution in [0.15, 0.2) is 18.1 Å². The topological polar surface area (TPSA) is 38.7 Å². The number of nitrogens with zero attached hydrogens (tertiary/aromatic N) is 3. The van der Waals surface area contributed by atoms with Crippen molar-refractivity contribution in [3.05, 3.63) is 23.9 Å². The monoisotopic (exact) mass is 171 g/mol. The van der Waals surface area contributed by atoms with Gasteiger partial charge in [0.15, 0.2) is 5.82 Å². The first-order chi connectivity index (χ1) is 4.84. The fourth-order valence-electron chi connectivity index (χ4n) is 0.429. The van der Waals surface area contributed by atoms with Gasteiger partial charge in [0.05, 0.1) is 4.91 Å². The Labute approximate surface area is 69.4 Å². The second-order valence-electron chi connectivity index (χ2n) is 1.48.